The second-order valence-electron chi connectivity index (χ2n) is 5.20. The molecule has 0 radical (unpaired) electrons. The van der Waals surface area contributed by atoms with Gasteiger partial charge in [0.15, 0.2) is 0 Å². The van der Waals surface area contributed by atoms with Crippen LogP contribution in [0.4, 0.5) is 13.2 Å². The summed E-state index contributed by atoms with van der Waals surface area (Å²) in [5.41, 5.74) is 6.52. The van der Waals surface area contributed by atoms with Crippen molar-refractivity contribution in [2.45, 2.75) is 18.6 Å². The van der Waals surface area contributed by atoms with Gasteiger partial charge in [0.25, 0.3) is 0 Å². The van der Waals surface area contributed by atoms with Gasteiger partial charge >= 0.3 is 6.18 Å². The summed E-state index contributed by atoms with van der Waals surface area (Å²) in [5.74, 6) is -1.92. The predicted molar refractivity (Wildman–Crippen MR) is 98.6 cm³/mol. The molecule has 25 heavy (non-hydrogen) atoms. The lowest BCUT2D eigenvalue weighted by molar-refractivity contribution is -0.139. The molecule has 0 fully saturated rings. The molecule has 1 unspecified atom stereocenters. The first-order valence-corrected chi connectivity index (χ1v) is 8.53. The zero-order valence-electron chi connectivity index (χ0n) is 12.5. The molecule has 8 heteroatoms. The van der Waals surface area contributed by atoms with E-state index in [1.807, 2.05) is 0 Å². The first-order valence-electron chi connectivity index (χ1n) is 7.02. The van der Waals surface area contributed by atoms with E-state index in [-0.39, 0.29) is 27.2 Å². The third kappa shape index (κ3) is 4.83. The smallest absolute Gasteiger partial charge is 0.326 e. The van der Waals surface area contributed by atoms with Crippen molar-refractivity contribution in [2.75, 3.05) is 0 Å². The Kier molecular flexibility index (Phi) is 6.68. The largest absolute Gasteiger partial charge is 0.399 e. The normalized spacial score (nSPS) is 13.4. The first-order chi connectivity index (χ1) is 11.6. The molecule has 0 aliphatic rings. The van der Waals surface area contributed by atoms with Gasteiger partial charge in [-0.3, -0.25) is 0 Å². The van der Waals surface area contributed by atoms with E-state index in [1.54, 1.807) is 18.2 Å². The number of alkyl halides is 3. The third-order valence-electron chi connectivity index (χ3n) is 3.51. The molecular weight excluding hydrogens is 417 g/mol. The van der Waals surface area contributed by atoms with Crippen LogP contribution in [-0.2, 0) is 6.54 Å². The highest BCUT2D eigenvalue weighted by molar-refractivity contribution is 6.48. The Hall–Kier alpha value is -0.910. The van der Waals surface area contributed by atoms with Gasteiger partial charge < -0.3 is 5.73 Å². The fourth-order valence-corrected chi connectivity index (χ4v) is 3.13. The zero-order valence-corrected chi connectivity index (χ0v) is 15.6. The lowest BCUT2D eigenvalue weighted by Gasteiger charge is -2.18. The van der Waals surface area contributed by atoms with Crippen molar-refractivity contribution in [3.05, 3.63) is 73.2 Å². The minimum Gasteiger partial charge on any atom is -0.326 e. The van der Waals surface area contributed by atoms with E-state index in [4.69, 9.17) is 52.1 Å². The molecule has 2 aromatic carbocycles. The molecule has 0 heterocycles. The Balaban J connectivity index is 2.47. The van der Waals surface area contributed by atoms with E-state index in [9.17, 15) is 13.2 Å². The maximum Gasteiger partial charge on any atom is 0.399 e. The summed E-state index contributed by atoms with van der Waals surface area (Å²) in [5, 5.41) is 0.231. The van der Waals surface area contributed by atoms with Gasteiger partial charge in [0.2, 0.25) is 0 Å². The molecule has 0 saturated heterocycles. The molecule has 2 N–H and O–H groups in total. The summed E-state index contributed by atoms with van der Waals surface area (Å²) < 4.78 is 40.5. The summed E-state index contributed by atoms with van der Waals surface area (Å²) >= 11 is 23.7. The van der Waals surface area contributed by atoms with Gasteiger partial charge in [-0.2, -0.15) is 13.2 Å². The predicted octanol–water partition coefficient (Wildman–Crippen LogP) is 7.12. The van der Waals surface area contributed by atoms with Gasteiger partial charge in [0, 0.05) is 6.54 Å². The quantitative estimate of drug-likeness (QED) is 0.515. The monoisotopic (exact) mass is 427 g/mol. The fourth-order valence-electron chi connectivity index (χ4n) is 2.25. The molecule has 0 aliphatic carbocycles. The average molecular weight is 429 g/mol. The van der Waals surface area contributed by atoms with Crippen molar-refractivity contribution < 1.29 is 13.2 Å². The zero-order chi connectivity index (χ0) is 18.8. The van der Waals surface area contributed by atoms with E-state index < -0.39 is 12.1 Å². The van der Waals surface area contributed by atoms with Crippen molar-refractivity contribution >= 4 is 52.5 Å². The van der Waals surface area contributed by atoms with Crippen LogP contribution in [0.2, 0.25) is 20.1 Å². The highest BCUT2D eigenvalue weighted by Crippen LogP contribution is 2.41. The minimum atomic E-state index is -4.55. The Labute approximate surface area is 163 Å². The van der Waals surface area contributed by atoms with Gasteiger partial charge in [-0.15, -0.1) is 0 Å². The Morgan fingerprint density at radius 2 is 1.60 bits per heavy atom. The molecule has 2 rings (SSSR count). The summed E-state index contributed by atoms with van der Waals surface area (Å²) in [4.78, 5) is 0. The molecule has 0 spiro atoms. The molecule has 0 aromatic heterocycles. The van der Waals surface area contributed by atoms with Crippen molar-refractivity contribution in [1.82, 2.24) is 0 Å². The van der Waals surface area contributed by atoms with Crippen LogP contribution >= 0.6 is 46.4 Å². The lowest BCUT2D eigenvalue weighted by atomic mass is 9.96. The molecule has 0 saturated carbocycles. The van der Waals surface area contributed by atoms with E-state index in [2.05, 4.69) is 0 Å². The van der Waals surface area contributed by atoms with Crippen LogP contribution in [0.25, 0.3) is 6.08 Å². The highest BCUT2D eigenvalue weighted by Gasteiger charge is 2.39. The number of nitrogens with two attached hydrogens (primary N) is 1. The van der Waals surface area contributed by atoms with Crippen molar-refractivity contribution in [3.63, 3.8) is 0 Å². The Morgan fingerprint density at radius 1 is 1.00 bits per heavy atom. The molecule has 134 valence electrons. The van der Waals surface area contributed by atoms with Gasteiger partial charge in [-0.25, -0.2) is 0 Å². The molecule has 2 aromatic rings. The van der Waals surface area contributed by atoms with Crippen LogP contribution in [0.3, 0.4) is 0 Å². The molecule has 1 nitrogen and oxygen atoms in total. The van der Waals surface area contributed by atoms with Crippen LogP contribution in [0.5, 0.6) is 0 Å². The average Bonchev–Trinajstić information content (AvgIpc) is 2.53. The summed E-state index contributed by atoms with van der Waals surface area (Å²) in [6.45, 7) is 0.186. The summed E-state index contributed by atoms with van der Waals surface area (Å²) in [6.07, 6.45) is -2.25. The number of hydrogen-bond donors (Lipinski definition) is 1. The summed E-state index contributed by atoms with van der Waals surface area (Å²) in [6, 6.07) is 7.28. The fraction of sp³-hybridized carbons (Fsp3) is 0.176. The minimum absolute atomic E-state index is 0.00989. The maximum absolute atomic E-state index is 13.5. The van der Waals surface area contributed by atoms with E-state index in [0.29, 0.717) is 16.1 Å². The van der Waals surface area contributed by atoms with Crippen LogP contribution in [0.15, 0.2) is 36.4 Å². The maximum atomic E-state index is 13.5. The topological polar surface area (TPSA) is 26.0 Å². The van der Waals surface area contributed by atoms with Gasteiger partial charge in [0.05, 0.1) is 26.0 Å². The van der Waals surface area contributed by atoms with Crippen LogP contribution in [0, 0.1) is 0 Å². The number of benzene rings is 2. The van der Waals surface area contributed by atoms with E-state index >= 15 is 0 Å². The number of hydrogen-bond acceptors (Lipinski definition) is 1. The highest BCUT2D eigenvalue weighted by atomic mass is 35.5. The molecule has 0 aliphatic heterocycles. The van der Waals surface area contributed by atoms with Crippen molar-refractivity contribution in [2.24, 2.45) is 5.73 Å². The molecule has 0 amide bonds. The molecule has 1 atom stereocenters. The Morgan fingerprint density at radius 3 is 2.12 bits per heavy atom. The number of halogens is 7. The lowest BCUT2D eigenvalue weighted by Crippen LogP contribution is -2.19. The van der Waals surface area contributed by atoms with E-state index in [0.717, 1.165) is 18.2 Å². The van der Waals surface area contributed by atoms with Crippen LogP contribution in [0.1, 0.15) is 22.6 Å². The van der Waals surface area contributed by atoms with Gasteiger partial charge in [-0.05, 0) is 28.8 Å². The standard InChI is InChI=1S/C17H12Cl4F3N/c18-13-6-11(7-14(19)16(13)21)12(17(22,23)24)5-4-9-2-1-3-10(8-25)15(9)20/h1-7,12H,8,25H2/b5-4+. The second kappa shape index (κ2) is 8.19. The molecular formula is C17H12Cl4F3N. The molecule has 0 bridgehead atoms. The number of rotatable bonds is 4. The van der Waals surface area contributed by atoms with Gasteiger partial charge in [0.1, 0.15) is 0 Å². The Bertz CT molecular complexity index is 780. The second-order valence-corrected chi connectivity index (χ2v) is 6.77. The van der Waals surface area contributed by atoms with Crippen LogP contribution in [-0.4, -0.2) is 6.18 Å². The third-order valence-corrected chi connectivity index (χ3v) is 5.17. The SMILES string of the molecule is NCc1cccc(/C=C/C(c2cc(Cl)c(Cl)c(Cl)c2)C(F)(F)F)c1Cl. The van der Waals surface area contributed by atoms with Gasteiger partial charge in [-0.1, -0.05) is 76.8 Å². The summed E-state index contributed by atoms with van der Waals surface area (Å²) in [7, 11) is 0. The number of allylic oxidation sites excluding steroid dienone is 1. The van der Waals surface area contributed by atoms with E-state index in [1.165, 1.54) is 6.08 Å². The first kappa shape index (κ1) is 20.4. The van der Waals surface area contributed by atoms with Crippen molar-refractivity contribution in [1.29, 1.82) is 0 Å². The van der Waals surface area contributed by atoms with Crippen molar-refractivity contribution in [3.8, 4) is 0 Å². The van der Waals surface area contributed by atoms with Crippen LogP contribution < -0.4 is 5.73 Å².